The van der Waals surface area contributed by atoms with Crippen LogP contribution in [-0.4, -0.2) is 9.94 Å². The van der Waals surface area contributed by atoms with Crippen LogP contribution in [0, 0.1) is 13.8 Å². The van der Waals surface area contributed by atoms with E-state index in [-0.39, 0.29) is 0 Å². The van der Waals surface area contributed by atoms with Crippen molar-refractivity contribution in [1.29, 1.82) is 0 Å². The highest BCUT2D eigenvalue weighted by atomic mass is 35.5. The molecule has 0 aliphatic carbocycles. The van der Waals surface area contributed by atoms with Crippen molar-refractivity contribution in [2.75, 3.05) is 0 Å². The third-order valence-electron chi connectivity index (χ3n) is 2.04. The maximum absolute atomic E-state index is 9.63. The second-order valence-corrected chi connectivity index (χ2v) is 4.79. The topological polar surface area (TPSA) is 20.2 Å². The molecular formula is C10H11Cl3O. The minimum atomic E-state index is -0.868. The summed E-state index contributed by atoms with van der Waals surface area (Å²) >= 11 is 17.2. The third-order valence-corrected chi connectivity index (χ3v) is 3.11. The van der Waals surface area contributed by atoms with Gasteiger partial charge >= 0.3 is 0 Å². The van der Waals surface area contributed by atoms with Crippen LogP contribution in [0.1, 0.15) is 22.8 Å². The standard InChI is InChI=1S/C10H11Cl3O/c1-5-3-7(9(14)10(12)13)4-6(2)8(5)11/h3-4,9-10,14H,1-2H3. The molecule has 0 heterocycles. The van der Waals surface area contributed by atoms with E-state index in [2.05, 4.69) is 0 Å². The van der Waals surface area contributed by atoms with Gasteiger partial charge in [-0.15, -0.1) is 23.2 Å². The van der Waals surface area contributed by atoms with Crippen molar-refractivity contribution in [2.45, 2.75) is 24.8 Å². The molecule has 4 heteroatoms. The number of benzene rings is 1. The average molecular weight is 254 g/mol. The summed E-state index contributed by atoms with van der Waals surface area (Å²) in [7, 11) is 0. The van der Waals surface area contributed by atoms with Gasteiger partial charge in [0.25, 0.3) is 0 Å². The van der Waals surface area contributed by atoms with Crippen LogP contribution in [0.2, 0.25) is 5.02 Å². The number of aliphatic hydroxyl groups excluding tert-OH is 1. The molecule has 78 valence electrons. The maximum atomic E-state index is 9.63. The van der Waals surface area contributed by atoms with E-state index in [9.17, 15) is 5.11 Å². The highest BCUT2D eigenvalue weighted by Crippen LogP contribution is 2.29. The fourth-order valence-electron chi connectivity index (χ4n) is 1.30. The van der Waals surface area contributed by atoms with Crippen LogP contribution in [0.25, 0.3) is 0 Å². The minimum Gasteiger partial charge on any atom is -0.386 e. The lowest BCUT2D eigenvalue weighted by Crippen LogP contribution is -2.06. The Kier molecular flexibility index (Phi) is 4.08. The van der Waals surface area contributed by atoms with Crippen molar-refractivity contribution in [2.24, 2.45) is 0 Å². The summed E-state index contributed by atoms with van der Waals surface area (Å²) in [6.45, 7) is 3.76. The molecule has 14 heavy (non-hydrogen) atoms. The van der Waals surface area contributed by atoms with Gasteiger partial charge in [-0.05, 0) is 30.5 Å². The fraction of sp³-hybridized carbons (Fsp3) is 0.400. The van der Waals surface area contributed by atoms with Crippen LogP contribution in [0.15, 0.2) is 12.1 Å². The summed E-state index contributed by atoms with van der Waals surface area (Å²) in [6.07, 6.45) is -0.868. The first-order valence-electron chi connectivity index (χ1n) is 4.16. The van der Waals surface area contributed by atoms with E-state index >= 15 is 0 Å². The predicted molar refractivity (Wildman–Crippen MR) is 61.4 cm³/mol. The normalized spacial score (nSPS) is 13.4. The first-order chi connectivity index (χ1) is 6.43. The first-order valence-corrected chi connectivity index (χ1v) is 5.41. The largest absolute Gasteiger partial charge is 0.386 e. The molecule has 1 unspecified atom stereocenters. The molecule has 0 fully saturated rings. The summed E-state index contributed by atoms with van der Waals surface area (Å²) in [5.74, 6) is 0. The third kappa shape index (κ3) is 2.54. The number of aliphatic hydroxyl groups is 1. The summed E-state index contributed by atoms with van der Waals surface area (Å²) in [4.78, 5) is -0.824. The first kappa shape index (κ1) is 12.1. The number of aryl methyl sites for hydroxylation is 2. The molecule has 0 aliphatic rings. The van der Waals surface area contributed by atoms with Gasteiger partial charge in [-0.25, -0.2) is 0 Å². The fourth-order valence-corrected chi connectivity index (χ4v) is 1.70. The Bertz CT molecular complexity index is 313. The van der Waals surface area contributed by atoms with Crippen molar-refractivity contribution in [3.05, 3.63) is 33.8 Å². The summed E-state index contributed by atoms with van der Waals surface area (Å²) in [5, 5.41) is 10.3. The van der Waals surface area contributed by atoms with Crippen molar-refractivity contribution in [1.82, 2.24) is 0 Å². The molecule has 0 amide bonds. The molecular weight excluding hydrogens is 242 g/mol. The SMILES string of the molecule is Cc1cc(C(O)C(Cl)Cl)cc(C)c1Cl. The number of rotatable bonds is 2. The lowest BCUT2D eigenvalue weighted by atomic mass is 10.0. The average Bonchev–Trinajstić information content (AvgIpc) is 2.12. The molecule has 0 radical (unpaired) electrons. The van der Waals surface area contributed by atoms with Crippen molar-refractivity contribution >= 4 is 34.8 Å². The van der Waals surface area contributed by atoms with Gasteiger partial charge in [-0.2, -0.15) is 0 Å². The van der Waals surface area contributed by atoms with E-state index in [0.717, 1.165) is 11.1 Å². The Balaban J connectivity index is 3.12. The van der Waals surface area contributed by atoms with Gasteiger partial charge in [0.05, 0.1) is 0 Å². The van der Waals surface area contributed by atoms with Crippen LogP contribution >= 0.6 is 34.8 Å². The molecule has 0 bridgehead atoms. The van der Waals surface area contributed by atoms with Crippen LogP contribution < -0.4 is 0 Å². The van der Waals surface area contributed by atoms with E-state index in [1.807, 2.05) is 13.8 Å². The number of halogens is 3. The maximum Gasteiger partial charge on any atom is 0.137 e. The molecule has 1 aromatic rings. The van der Waals surface area contributed by atoms with Gasteiger partial charge in [0.2, 0.25) is 0 Å². The molecule has 0 aromatic heterocycles. The van der Waals surface area contributed by atoms with Gasteiger partial charge in [0.1, 0.15) is 10.9 Å². The van der Waals surface area contributed by atoms with Crippen LogP contribution in [0.4, 0.5) is 0 Å². The van der Waals surface area contributed by atoms with E-state index in [1.54, 1.807) is 12.1 Å². The van der Waals surface area contributed by atoms with Gasteiger partial charge in [0.15, 0.2) is 0 Å². The molecule has 0 saturated carbocycles. The van der Waals surface area contributed by atoms with Gasteiger partial charge in [0, 0.05) is 5.02 Å². The summed E-state index contributed by atoms with van der Waals surface area (Å²) in [5.41, 5.74) is 2.52. The molecule has 0 saturated heterocycles. The molecule has 0 aliphatic heterocycles. The Labute approximate surface area is 98.6 Å². The highest BCUT2D eigenvalue weighted by molar-refractivity contribution is 6.44. The van der Waals surface area contributed by atoms with Crippen molar-refractivity contribution < 1.29 is 5.11 Å². The van der Waals surface area contributed by atoms with Crippen LogP contribution in [0.3, 0.4) is 0 Å². The van der Waals surface area contributed by atoms with Gasteiger partial charge < -0.3 is 5.11 Å². The molecule has 1 atom stereocenters. The number of hydrogen-bond acceptors (Lipinski definition) is 1. The van der Waals surface area contributed by atoms with Crippen LogP contribution in [0.5, 0.6) is 0 Å². The van der Waals surface area contributed by atoms with E-state index in [0.29, 0.717) is 10.6 Å². The quantitative estimate of drug-likeness (QED) is 0.795. The second-order valence-electron chi connectivity index (χ2n) is 3.25. The lowest BCUT2D eigenvalue weighted by molar-refractivity contribution is 0.192. The minimum absolute atomic E-state index is 0.694. The van der Waals surface area contributed by atoms with E-state index < -0.39 is 10.9 Å². The molecule has 1 rings (SSSR count). The monoisotopic (exact) mass is 252 g/mol. The molecule has 1 aromatic carbocycles. The van der Waals surface area contributed by atoms with Gasteiger partial charge in [-0.1, -0.05) is 23.7 Å². The Morgan fingerprint density at radius 2 is 1.57 bits per heavy atom. The predicted octanol–water partition coefficient (Wildman–Crippen LogP) is 3.79. The number of alkyl halides is 2. The van der Waals surface area contributed by atoms with E-state index in [1.165, 1.54) is 0 Å². The zero-order chi connectivity index (χ0) is 10.9. The number of hydrogen-bond donors (Lipinski definition) is 1. The molecule has 1 N–H and O–H groups in total. The molecule has 1 nitrogen and oxygen atoms in total. The lowest BCUT2D eigenvalue weighted by Gasteiger charge is -2.14. The van der Waals surface area contributed by atoms with Crippen molar-refractivity contribution in [3.63, 3.8) is 0 Å². The Morgan fingerprint density at radius 1 is 1.14 bits per heavy atom. The Morgan fingerprint density at radius 3 is 1.93 bits per heavy atom. The summed E-state index contributed by atoms with van der Waals surface area (Å²) in [6, 6.07) is 3.58. The smallest absolute Gasteiger partial charge is 0.137 e. The van der Waals surface area contributed by atoms with Gasteiger partial charge in [-0.3, -0.25) is 0 Å². The zero-order valence-electron chi connectivity index (χ0n) is 7.89. The molecule has 0 spiro atoms. The summed E-state index contributed by atoms with van der Waals surface area (Å²) < 4.78 is 0. The Hall–Kier alpha value is 0.0500. The highest BCUT2D eigenvalue weighted by Gasteiger charge is 2.17. The second kappa shape index (κ2) is 4.71. The zero-order valence-corrected chi connectivity index (χ0v) is 10.2. The van der Waals surface area contributed by atoms with E-state index in [4.69, 9.17) is 34.8 Å². The van der Waals surface area contributed by atoms with Crippen molar-refractivity contribution in [3.8, 4) is 0 Å². The van der Waals surface area contributed by atoms with Crippen LogP contribution in [-0.2, 0) is 0 Å².